The fourth-order valence-corrected chi connectivity index (χ4v) is 3.46. The summed E-state index contributed by atoms with van der Waals surface area (Å²) in [4.78, 5) is 17.6. The zero-order valence-electron chi connectivity index (χ0n) is 17.9. The van der Waals surface area contributed by atoms with Gasteiger partial charge in [0.2, 0.25) is 0 Å². The number of phosphoric ester groups is 1. The first-order chi connectivity index (χ1) is 15.7. The highest BCUT2D eigenvalue weighted by atomic mass is 31.2. The van der Waals surface area contributed by atoms with E-state index in [-0.39, 0.29) is 37.9 Å². The van der Waals surface area contributed by atoms with Gasteiger partial charge < -0.3 is 25.4 Å². The van der Waals surface area contributed by atoms with Crippen molar-refractivity contribution in [3.63, 3.8) is 0 Å². The largest absolute Gasteiger partial charge is 0.493 e. The third-order valence-electron chi connectivity index (χ3n) is 4.95. The maximum Gasteiger partial charge on any atom is 0.469 e. The predicted octanol–water partition coefficient (Wildman–Crippen LogP) is 3.73. The van der Waals surface area contributed by atoms with Crippen LogP contribution in [0.25, 0.3) is 0 Å². The van der Waals surface area contributed by atoms with E-state index in [9.17, 15) is 31.6 Å². The standard InChI is InChI=1S/C21H25F5NO6P/c22-17-5-3-14(11-18(17)23)2-1-9-32-19-6-4-15(10-16(19)21(24,25)26)7-8-20(27,12-28)13-33-34(29,30)31/h3-6,10-11,28H,1-2,7-9,12-13,27H2,(H2,29,30,31). The summed E-state index contributed by atoms with van der Waals surface area (Å²) in [6.07, 6.45) is -4.36. The fourth-order valence-electron chi connectivity index (χ4n) is 3.04. The number of aryl methyl sites for hydroxylation is 2. The molecule has 2 aromatic carbocycles. The summed E-state index contributed by atoms with van der Waals surface area (Å²) in [5.41, 5.74) is 3.92. The van der Waals surface area contributed by atoms with E-state index in [1.807, 2.05) is 0 Å². The minimum Gasteiger partial charge on any atom is -0.493 e. The van der Waals surface area contributed by atoms with Gasteiger partial charge in [0, 0.05) is 0 Å². The quantitative estimate of drug-likeness (QED) is 0.194. The lowest BCUT2D eigenvalue weighted by Crippen LogP contribution is -2.48. The van der Waals surface area contributed by atoms with E-state index in [0.29, 0.717) is 5.56 Å². The van der Waals surface area contributed by atoms with Gasteiger partial charge in [0.15, 0.2) is 11.6 Å². The number of alkyl halides is 3. The van der Waals surface area contributed by atoms with Gasteiger partial charge in [0.25, 0.3) is 0 Å². The maximum absolute atomic E-state index is 13.5. The first-order valence-electron chi connectivity index (χ1n) is 10.1. The summed E-state index contributed by atoms with van der Waals surface area (Å²) in [6, 6.07) is 6.74. The lowest BCUT2D eigenvalue weighted by Gasteiger charge is -2.27. The second-order valence-electron chi connectivity index (χ2n) is 7.81. The summed E-state index contributed by atoms with van der Waals surface area (Å²) in [7, 11) is -4.84. The lowest BCUT2D eigenvalue weighted by atomic mass is 9.93. The Balaban J connectivity index is 2.02. The van der Waals surface area contributed by atoms with Crippen LogP contribution in [-0.2, 0) is 28.1 Å². The molecule has 1 atom stereocenters. The highest BCUT2D eigenvalue weighted by molar-refractivity contribution is 7.46. The summed E-state index contributed by atoms with van der Waals surface area (Å²) < 4.78 is 87.3. The van der Waals surface area contributed by atoms with Crippen LogP contribution >= 0.6 is 7.82 Å². The van der Waals surface area contributed by atoms with Gasteiger partial charge in [-0.1, -0.05) is 12.1 Å². The van der Waals surface area contributed by atoms with E-state index in [1.54, 1.807) is 0 Å². The second kappa shape index (κ2) is 11.6. The van der Waals surface area contributed by atoms with Gasteiger partial charge in [0.1, 0.15) is 5.75 Å². The van der Waals surface area contributed by atoms with E-state index in [1.165, 1.54) is 12.1 Å². The third kappa shape index (κ3) is 8.94. The number of ether oxygens (including phenoxy) is 1. The molecule has 34 heavy (non-hydrogen) atoms. The second-order valence-corrected chi connectivity index (χ2v) is 9.05. The Labute approximate surface area is 192 Å². The average Bonchev–Trinajstić information content (AvgIpc) is 2.75. The van der Waals surface area contributed by atoms with Crippen LogP contribution < -0.4 is 10.5 Å². The Bertz CT molecular complexity index is 1020. The molecule has 0 radical (unpaired) electrons. The number of halogens is 5. The Morgan fingerprint density at radius 1 is 0.971 bits per heavy atom. The van der Waals surface area contributed by atoms with Crippen molar-refractivity contribution in [2.24, 2.45) is 5.73 Å². The van der Waals surface area contributed by atoms with Crippen LogP contribution in [0.1, 0.15) is 29.5 Å². The number of hydrogen-bond donors (Lipinski definition) is 4. The van der Waals surface area contributed by atoms with Crippen molar-refractivity contribution in [2.75, 3.05) is 19.8 Å². The molecule has 0 bridgehead atoms. The number of rotatable bonds is 12. The molecule has 0 spiro atoms. The summed E-state index contributed by atoms with van der Waals surface area (Å²) in [6.45, 7) is -1.51. The topological polar surface area (TPSA) is 122 Å². The number of aliphatic hydroxyl groups is 1. The molecular weight excluding hydrogens is 488 g/mol. The molecule has 0 aliphatic heterocycles. The van der Waals surface area contributed by atoms with Gasteiger partial charge in [-0.25, -0.2) is 13.3 Å². The first kappa shape index (κ1) is 28.2. The van der Waals surface area contributed by atoms with E-state index >= 15 is 0 Å². The summed E-state index contributed by atoms with van der Waals surface area (Å²) in [5.74, 6) is -2.41. The van der Waals surface area contributed by atoms with Crippen molar-refractivity contribution in [3.05, 3.63) is 64.7 Å². The molecule has 0 fully saturated rings. The van der Waals surface area contributed by atoms with Gasteiger partial charge >= 0.3 is 14.0 Å². The number of benzene rings is 2. The minimum atomic E-state index is -4.84. The van der Waals surface area contributed by atoms with Crippen molar-refractivity contribution < 1.29 is 50.7 Å². The molecule has 2 aromatic rings. The van der Waals surface area contributed by atoms with E-state index in [2.05, 4.69) is 4.52 Å². The normalized spacial score (nSPS) is 14.1. The van der Waals surface area contributed by atoms with Gasteiger partial charge in [-0.2, -0.15) is 13.2 Å². The van der Waals surface area contributed by atoms with Crippen LogP contribution in [0.15, 0.2) is 36.4 Å². The van der Waals surface area contributed by atoms with E-state index < -0.39 is 55.7 Å². The van der Waals surface area contributed by atoms with Crippen LogP contribution in [0, 0.1) is 11.6 Å². The van der Waals surface area contributed by atoms with Crippen molar-refractivity contribution >= 4 is 7.82 Å². The monoisotopic (exact) mass is 513 g/mol. The van der Waals surface area contributed by atoms with Crippen molar-refractivity contribution in [1.29, 1.82) is 0 Å². The zero-order chi connectivity index (χ0) is 25.6. The molecule has 2 rings (SSSR count). The summed E-state index contributed by atoms with van der Waals surface area (Å²) >= 11 is 0. The first-order valence-corrected chi connectivity index (χ1v) is 11.6. The van der Waals surface area contributed by atoms with Crippen molar-refractivity contribution in [3.8, 4) is 5.75 Å². The molecule has 0 aliphatic rings. The van der Waals surface area contributed by atoms with Crippen LogP contribution in [0.2, 0.25) is 0 Å². The zero-order valence-corrected chi connectivity index (χ0v) is 18.8. The molecule has 0 heterocycles. The van der Waals surface area contributed by atoms with E-state index in [4.69, 9.17) is 20.3 Å². The number of aliphatic hydroxyl groups excluding tert-OH is 1. The molecule has 190 valence electrons. The molecule has 0 aromatic heterocycles. The van der Waals surface area contributed by atoms with E-state index in [0.717, 1.165) is 24.3 Å². The predicted molar refractivity (Wildman–Crippen MR) is 112 cm³/mol. The Kier molecular flexibility index (Phi) is 9.58. The molecule has 0 aliphatic carbocycles. The summed E-state index contributed by atoms with van der Waals surface area (Å²) in [5, 5.41) is 9.42. The maximum atomic E-state index is 13.5. The smallest absolute Gasteiger partial charge is 0.469 e. The molecular formula is C21H25F5NO6P. The lowest BCUT2D eigenvalue weighted by molar-refractivity contribution is -0.139. The van der Waals surface area contributed by atoms with Crippen molar-refractivity contribution in [1.82, 2.24) is 0 Å². The van der Waals surface area contributed by atoms with Crippen LogP contribution in [-0.4, -0.2) is 40.3 Å². The Hall–Kier alpha value is -2.08. The van der Waals surface area contributed by atoms with Gasteiger partial charge in [-0.05, 0) is 61.1 Å². The van der Waals surface area contributed by atoms with Crippen LogP contribution in [0.3, 0.4) is 0 Å². The highest BCUT2D eigenvalue weighted by Crippen LogP contribution is 2.38. The van der Waals surface area contributed by atoms with Gasteiger partial charge in [0.05, 0.1) is 30.9 Å². The van der Waals surface area contributed by atoms with Gasteiger partial charge in [-0.3, -0.25) is 4.52 Å². The Morgan fingerprint density at radius 2 is 1.62 bits per heavy atom. The molecule has 5 N–H and O–H groups in total. The Morgan fingerprint density at radius 3 is 2.21 bits per heavy atom. The van der Waals surface area contributed by atoms with Gasteiger partial charge in [-0.15, -0.1) is 0 Å². The van der Waals surface area contributed by atoms with Crippen molar-refractivity contribution in [2.45, 2.75) is 37.4 Å². The van der Waals surface area contributed by atoms with Crippen LogP contribution in [0.5, 0.6) is 5.75 Å². The molecule has 0 saturated heterocycles. The number of phosphoric acid groups is 1. The minimum absolute atomic E-state index is 0.0406. The number of hydrogen-bond acceptors (Lipinski definition) is 5. The molecule has 13 heteroatoms. The molecule has 1 unspecified atom stereocenters. The average molecular weight is 513 g/mol. The molecule has 0 amide bonds. The fraction of sp³-hybridized carbons (Fsp3) is 0.429. The number of nitrogens with two attached hydrogens (primary N) is 1. The van der Waals surface area contributed by atoms with Crippen LogP contribution in [0.4, 0.5) is 22.0 Å². The molecule has 0 saturated carbocycles. The third-order valence-corrected chi connectivity index (χ3v) is 5.41. The highest BCUT2D eigenvalue weighted by Gasteiger charge is 2.35. The molecule has 7 nitrogen and oxygen atoms in total. The SMILES string of the molecule is NC(CO)(CCc1ccc(OCCCc2ccc(F)c(F)c2)c(C(F)(F)F)c1)COP(=O)(O)O.